The second-order valence-electron chi connectivity index (χ2n) is 7.73. The number of carbonyl (C=O) groups is 1. The minimum atomic E-state index is -0.619. The first-order chi connectivity index (χ1) is 17.5. The molecule has 0 aliphatic heterocycles. The average molecular weight is 480 g/mol. The molecule has 5 rings (SSSR count). The van der Waals surface area contributed by atoms with Crippen LogP contribution in [0.2, 0.25) is 0 Å². The highest BCUT2D eigenvalue weighted by Gasteiger charge is 2.15. The number of hydrogen-bond donors (Lipinski definition) is 2. The Morgan fingerprint density at radius 1 is 1.06 bits per heavy atom. The Morgan fingerprint density at radius 3 is 2.53 bits per heavy atom. The number of para-hydroxylation sites is 1. The number of fused-ring (bicyclic) bond motifs is 2. The van der Waals surface area contributed by atoms with E-state index in [1.54, 1.807) is 23.0 Å². The molecule has 5 aromatic rings. The van der Waals surface area contributed by atoms with E-state index in [4.69, 9.17) is 16.5 Å². The van der Waals surface area contributed by atoms with Crippen molar-refractivity contribution in [3.63, 3.8) is 0 Å². The molecular weight excluding hydrogens is 454 g/mol. The smallest absolute Gasteiger partial charge is 0.267 e. The van der Waals surface area contributed by atoms with Gasteiger partial charge in [-0.15, -0.1) is 5.10 Å². The van der Waals surface area contributed by atoms with Gasteiger partial charge in [0, 0.05) is 30.8 Å². The van der Waals surface area contributed by atoms with Crippen molar-refractivity contribution >= 4 is 28.3 Å². The van der Waals surface area contributed by atoms with Crippen LogP contribution < -0.4 is 17.0 Å². The number of aromatic nitrogens is 5. The highest BCUT2D eigenvalue weighted by atomic mass is 16.1. The molecule has 0 atom stereocenters. The van der Waals surface area contributed by atoms with Crippen molar-refractivity contribution < 1.29 is 4.79 Å². The molecule has 9 heteroatoms. The summed E-state index contributed by atoms with van der Waals surface area (Å²) < 4.78 is 3.11. The number of amides is 1. The minimum Gasteiger partial charge on any atom is -0.381 e. The van der Waals surface area contributed by atoms with E-state index in [-0.39, 0.29) is 16.9 Å². The van der Waals surface area contributed by atoms with Gasteiger partial charge < -0.3 is 11.5 Å². The number of hydrogen-bond acceptors (Lipinski definition) is 6. The minimum absolute atomic E-state index is 0.0564. The van der Waals surface area contributed by atoms with Gasteiger partial charge in [-0.25, -0.2) is 14.5 Å². The summed E-state index contributed by atoms with van der Waals surface area (Å²) in [6, 6.07) is 17.0. The van der Waals surface area contributed by atoms with Crippen LogP contribution in [0.4, 0.5) is 5.82 Å². The predicted molar refractivity (Wildman–Crippen MR) is 140 cm³/mol. The molecule has 0 fully saturated rings. The van der Waals surface area contributed by atoms with Crippen molar-refractivity contribution in [1.82, 2.24) is 24.1 Å². The van der Waals surface area contributed by atoms with E-state index in [0.717, 1.165) is 23.5 Å². The van der Waals surface area contributed by atoms with Crippen LogP contribution in [-0.4, -0.2) is 30.1 Å². The van der Waals surface area contributed by atoms with Gasteiger partial charge >= 0.3 is 0 Å². The molecule has 0 radical (unpaired) electrons. The number of nitrogens with two attached hydrogens (primary N) is 2. The van der Waals surface area contributed by atoms with E-state index in [1.807, 2.05) is 62.4 Å². The third-order valence-electron chi connectivity index (χ3n) is 5.37. The summed E-state index contributed by atoms with van der Waals surface area (Å²) in [5.41, 5.74) is 13.4. The lowest BCUT2D eigenvalue weighted by Gasteiger charge is -2.13. The van der Waals surface area contributed by atoms with Crippen LogP contribution in [0.1, 0.15) is 42.0 Å². The molecule has 9 nitrogen and oxygen atoms in total. The molecule has 2 aromatic carbocycles. The molecule has 4 N–H and O–H groups in total. The van der Waals surface area contributed by atoms with Crippen LogP contribution in [-0.2, 0) is 6.42 Å². The molecule has 3 heterocycles. The van der Waals surface area contributed by atoms with Gasteiger partial charge in [0.2, 0.25) is 0 Å². The molecular formula is C27H25N7O2. The zero-order chi connectivity index (χ0) is 25.7. The summed E-state index contributed by atoms with van der Waals surface area (Å²) in [4.78, 5) is 32.7. The topological polar surface area (TPSA) is 134 Å². The maximum atomic E-state index is 13.1. The van der Waals surface area contributed by atoms with Crippen LogP contribution in [0.5, 0.6) is 0 Å². The molecule has 3 aromatic heterocycles. The van der Waals surface area contributed by atoms with Gasteiger partial charge in [-0.2, -0.15) is 0 Å². The van der Waals surface area contributed by atoms with Gasteiger partial charge in [-0.3, -0.25) is 14.2 Å². The fraction of sp³-hybridized carbons (Fsp3) is 0.148. The summed E-state index contributed by atoms with van der Waals surface area (Å²) >= 11 is 0. The quantitative estimate of drug-likeness (QED) is 0.382. The highest BCUT2D eigenvalue weighted by Crippen LogP contribution is 2.17. The largest absolute Gasteiger partial charge is 0.381 e. The monoisotopic (exact) mass is 479 g/mol. The van der Waals surface area contributed by atoms with E-state index >= 15 is 0 Å². The summed E-state index contributed by atoms with van der Waals surface area (Å²) in [7, 11) is 0. The summed E-state index contributed by atoms with van der Waals surface area (Å²) in [5.74, 6) is 6.38. The maximum Gasteiger partial charge on any atom is 0.267 e. The molecule has 0 spiro atoms. The van der Waals surface area contributed by atoms with Crippen LogP contribution in [0.3, 0.4) is 0 Å². The van der Waals surface area contributed by atoms with Gasteiger partial charge in [0.15, 0.2) is 11.5 Å². The zero-order valence-electron chi connectivity index (χ0n) is 20.0. The van der Waals surface area contributed by atoms with Crippen molar-refractivity contribution in [3.05, 3.63) is 94.3 Å². The number of carbonyl (C=O) groups excluding carboxylic acids is 1. The van der Waals surface area contributed by atoms with Gasteiger partial charge in [0.1, 0.15) is 11.4 Å². The van der Waals surface area contributed by atoms with Crippen LogP contribution in [0.15, 0.2) is 71.8 Å². The Bertz CT molecular complexity index is 1680. The Hall–Kier alpha value is -4.97. The van der Waals surface area contributed by atoms with E-state index in [2.05, 4.69) is 21.9 Å². The molecule has 180 valence electrons. The second kappa shape index (κ2) is 10.5. The third kappa shape index (κ3) is 4.65. The number of nitrogens with zero attached hydrogens (tertiary/aromatic N) is 5. The number of aryl methyl sites for hydroxylation is 1. The van der Waals surface area contributed by atoms with E-state index in [1.165, 1.54) is 4.52 Å². The lowest BCUT2D eigenvalue weighted by atomic mass is 10.1. The Kier molecular flexibility index (Phi) is 7.07. The lowest BCUT2D eigenvalue weighted by molar-refractivity contribution is 0.100. The van der Waals surface area contributed by atoms with E-state index in [9.17, 15) is 9.59 Å². The van der Waals surface area contributed by atoms with Gasteiger partial charge in [-0.05, 0) is 30.3 Å². The molecule has 36 heavy (non-hydrogen) atoms. The lowest BCUT2D eigenvalue weighted by Crippen LogP contribution is -2.24. The molecule has 0 saturated carbocycles. The van der Waals surface area contributed by atoms with E-state index in [0.29, 0.717) is 23.0 Å². The van der Waals surface area contributed by atoms with Gasteiger partial charge in [0.05, 0.1) is 16.6 Å². The van der Waals surface area contributed by atoms with Crippen LogP contribution in [0.25, 0.3) is 22.2 Å². The predicted octanol–water partition coefficient (Wildman–Crippen LogP) is 3.12. The third-order valence-corrected chi connectivity index (χ3v) is 5.37. The van der Waals surface area contributed by atoms with Gasteiger partial charge in [-0.1, -0.05) is 50.0 Å². The number of nitrogen functional groups attached to an aromatic ring is 1. The number of anilines is 1. The first-order valence-electron chi connectivity index (χ1n) is 11.4. The molecule has 0 bridgehead atoms. The first-order valence-corrected chi connectivity index (χ1v) is 11.4. The SMILES string of the molecule is CCC#Cc1cccc2nc(CC)n(-c3ccccc3)c(=O)c12.NC(=O)c1c(N)nn2cccnc12. The standard InChI is InChI=1S/C20H18N2O.C7H7N5O/c1-3-5-10-15-11-9-14-17-19(15)20(23)22(18(4-2)21-17)16-12-7-6-8-13-16;8-5-4(6(9)13)7-10-2-1-3-12(7)11-5/h6-9,11-14H,3-4H2,1-2H3;1-3H,(H2,8,11)(H2,9,13). The highest BCUT2D eigenvalue weighted by molar-refractivity contribution is 6.03. The molecule has 0 aliphatic carbocycles. The Labute approximate surface area is 207 Å². The number of rotatable bonds is 3. The van der Waals surface area contributed by atoms with Crippen molar-refractivity contribution in [3.8, 4) is 17.5 Å². The molecule has 0 aliphatic rings. The number of primary amides is 1. The summed E-state index contributed by atoms with van der Waals surface area (Å²) in [6.07, 6.45) is 4.63. The van der Waals surface area contributed by atoms with Crippen molar-refractivity contribution in [2.75, 3.05) is 5.73 Å². The summed E-state index contributed by atoms with van der Waals surface area (Å²) in [6.45, 7) is 4.00. The molecule has 0 unspecified atom stereocenters. The first kappa shape index (κ1) is 24.2. The molecule has 0 saturated heterocycles. The van der Waals surface area contributed by atoms with Crippen molar-refractivity contribution in [1.29, 1.82) is 0 Å². The van der Waals surface area contributed by atoms with Gasteiger partial charge in [0.25, 0.3) is 11.5 Å². The number of benzene rings is 2. The van der Waals surface area contributed by atoms with Crippen LogP contribution in [0, 0.1) is 11.8 Å². The normalized spacial score (nSPS) is 10.4. The fourth-order valence-electron chi connectivity index (χ4n) is 3.78. The van der Waals surface area contributed by atoms with Crippen molar-refractivity contribution in [2.24, 2.45) is 5.73 Å². The fourth-order valence-corrected chi connectivity index (χ4v) is 3.78. The Balaban J connectivity index is 0.000000197. The average Bonchev–Trinajstić information content (AvgIpc) is 3.24. The molecule has 1 amide bonds. The van der Waals surface area contributed by atoms with Crippen LogP contribution >= 0.6 is 0 Å². The Morgan fingerprint density at radius 2 is 1.83 bits per heavy atom. The maximum absolute atomic E-state index is 13.1. The summed E-state index contributed by atoms with van der Waals surface area (Å²) in [5, 5.41) is 4.46. The zero-order valence-corrected chi connectivity index (χ0v) is 20.0. The van der Waals surface area contributed by atoms with Crippen molar-refractivity contribution in [2.45, 2.75) is 26.7 Å². The second-order valence-corrected chi connectivity index (χ2v) is 7.73. The van der Waals surface area contributed by atoms with E-state index < -0.39 is 5.91 Å².